The second-order valence-corrected chi connectivity index (χ2v) is 6.41. The summed E-state index contributed by atoms with van der Waals surface area (Å²) in [6, 6.07) is 25.7. The molecule has 0 aromatic heterocycles. The van der Waals surface area contributed by atoms with Gasteiger partial charge in [0.05, 0.1) is 0 Å². The molecule has 3 aromatic carbocycles. The number of nitrogens with zero attached hydrogens (tertiary/aromatic N) is 1. The molecule has 0 bridgehead atoms. The summed E-state index contributed by atoms with van der Waals surface area (Å²) in [7, 11) is 0. The maximum Gasteiger partial charge on any atom is 0.266 e. The Balaban J connectivity index is 1.70. The first-order chi connectivity index (χ1) is 13.6. The molecule has 0 fully saturated rings. The van der Waals surface area contributed by atoms with Crippen molar-refractivity contribution in [1.29, 1.82) is 5.26 Å². The van der Waals surface area contributed by atoms with Crippen LogP contribution in [0.4, 0.5) is 5.69 Å². The fourth-order valence-corrected chi connectivity index (χ4v) is 2.61. The fraction of sp³-hybridized carbons (Fsp3) is 0.0435. The van der Waals surface area contributed by atoms with Gasteiger partial charge >= 0.3 is 0 Å². The Morgan fingerprint density at radius 1 is 1.04 bits per heavy atom. The quantitative estimate of drug-likeness (QED) is 0.450. The van der Waals surface area contributed by atoms with Gasteiger partial charge in [0.2, 0.25) is 0 Å². The monoisotopic (exact) mass is 388 g/mol. The molecule has 3 rings (SSSR count). The molecule has 0 radical (unpaired) electrons. The SMILES string of the molecule is N#C/C(=C/c1cccc(OCc2ccccc2)c1)C(=O)Nc1ccc(Cl)cc1. The third-order valence-electron chi connectivity index (χ3n) is 3.88. The molecule has 1 N–H and O–H groups in total. The highest BCUT2D eigenvalue weighted by Crippen LogP contribution is 2.19. The molecular weight excluding hydrogens is 372 g/mol. The largest absolute Gasteiger partial charge is 0.489 e. The van der Waals surface area contributed by atoms with E-state index in [9.17, 15) is 10.1 Å². The summed E-state index contributed by atoms with van der Waals surface area (Å²) in [5.41, 5.74) is 2.32. The van der Waals surface area contributed by atoms with Crippen molar-refractivity contribution >= 4 is 29.3 Å². The van der Waals surface area contributed by atoms with Crippen molar-refractivity contribution in [3.8, 4) is 11.8 Å². The van der Waals surface area contributed by atoms with Crippen LogP contribution in [0.1, 0.15) is 11.1 Å². The maximum atomic E-state index is 12.4. The number of ether oxygens (including phenoxy) is 1. The van der Waals surface area contributed by atoms with E-state index >= 15 is 0 Å². The molecule has 0 aliphatic rings. The molecule has 138 valence electrons. The van der Waals surface area contributed by atoms with E-state index in [0.29, 0.717) is 28.6 Å². The smallest absolute Gasteiger partial charge is 0.266 e. The van der Waals surface area contributed by atoms with Gasteiger partial charge < -0.3 is 10.1 Å². The number of hydrogen-bond donors (Lipinski definition) is 1. The average molecular weight is 389 g/mol. The van der Waals surface area contributed by atoms with Crippen molar-refractivity contribution in [3.63, 3.8) is 0 Å². The van der Waals surface area contributed by atoms with Crippen LogP contribution in [0.3, 0.4) is 0 Å². The lowest BCUT2D eigenvalue weighted by Crippen LogP contribution is -2.13. The first kappa shape index (κ1) is 19.2. The Bertz CT molecular complexity index is 1020. The lowest BCUT2D eigenvalue weighted by Gasteiger charge is -2.07. The van der Waals surface area contributed by atoms with Crippen molar-refractivity contribution in [1.82, 2.24) is 0 Å². The molecule has 0 unspecified atom stereocenters. The summed E-state index contributed by atoms with van der Waals surface area (Å²) in [5, 5.41) is 12.6. The third-order valence-corrected chi connectivity index (χ3v) is 4.14. The number of benzene rings is 3. The van der Waals surface area contributed by atoms with E-state index in [0.717, 1.165) is 5.56 Å². The summed E-state index contributed by atoms with van der Waals surface area (Å²) in [5.74, 6) is 0.174. The van der Waals surface area contributed by atoms with Gasteiger partial charge in [0.15, 0.2) is 0 Å². The van der Waals surface area contributed by atoms with Crippen LogP contribution >= 0.6 is 11.6 Å². The Labute approximate surface area is 168 Å². The van der Waals surface area contributed by atoms with E-state index in [1.165, 1.54) is 6.08 Å². The van der Waals surface area contributed by atoms with Gasteiger partial charge in [-0.1, -0.05) is 54.1 Å². The molecule has 0 saturated carbocycles. The first-order valence-electron chi connectivity index (χ1n) is 8.59. The third kappa shape index (κ3) is 5.47. The number of amides is 1. The molecule has 0 heterocycles. The highest BCUT2D eigenvalue weighted by atomic mass is 35.5. The number of nitriles is 1. The Morgan fingerprint density at radius 2 is 1.79 bits per heavy atom. The highest BCUT2D eigenvalue weighted by Gasteiger charge is 2.10. The standard InChI is InChI=1S/C23H17ClN2O2/c24-20-9-11-21(12-10-20)26-23(27)19(15-25)13-18-7-4-8-22(14-18)28-16-17-5-2-1-3-6-17/h1-14H,16H2,(H,26,27)/b19-13-. The minimum absolute atomic E-state index is 0.00448. The molecule has 0 atom stereocenters. The van der Waals surface area contributed by atoms with E-state index in [1.54, 1.807) is 30.3 Å². The number of hydrogen-bond acceptors (Lipinski definition) is 3. The topological polar surface area (TPSA) is 62.1 Å². The van der Waals surface area contributed by atoms with Crippen molar-refractivity contribution < 1.29 is 9.53 Å². The fourth-order valence-electron chi connectivity index (χ4n) is 2.48. The molecule has 5 heteroatoms. The molecular formula is C23H17ClN2O2. The molecule has 0 aliphatic heterocycles. The predicted molar refractivity (Wildman–Crippen MR) is 111 cm³/mol. The molecule has 0 aliphatic carbocycles. The lowest BCUT2D eigenvalue weighted by molar-refractivity contribution is -0.112. The van der Waals surface area contributed by atoms with Gasteiger partial charge in [-0.2, -0.15) is 5.26 Å². The van der Waals surface area contributed by atoms with Crippen LogP contribution in [0, 0.1) is 11.3 Å². The molecule has 0 spiro atoms. The predicted octanol–water partition coefficient (Wildman–Crippen LogP) is 5.46. The number of carbonyl (C=O) groups excluding carboxylic acids is 1. The molecule has 3 aromatic rings. The zero-order valence-electron chi connectivity index (χ0n) is 14.9. The number of carbonyl (C=O) groups is 1. The minimum Gasteiger partial charge on any atom is -0.489 e. The van der Waals surface area contributed by atoms with E-state index in [4.69, 9.17) is 16.3 Å². The zero-order chi connectivity index (χ0) is 19.8. The maximum absolute atomic E-state index is 12.4. The highest BCUT2D eigenvalue weighted by molar-refractivity contribution is 6.30. The van der Waals surface area contributed by atoms with Gasteiger partial charge in [-0.05, 0) is 53.6 Å². The summed E-state index contributed by atoms with van der Waals surface area (Å²) >= 11 is 5.84. The van der Waals surface area contributed by atoms with Crippen LogP contribution in [-0.2, 0) is 11.4 Å². The van der Waals surface area contributed by atoms with Crippen molar-refractivity contribution in [2.24, 2.45) is 0 Å². The van der Waals surface area contributed by atoms with Gasteiger partial charge in [-0.25, -0.2) is 0 Å². The van der Waals surface area contributed by atoms with E-state index in [2.05, 4.69) is 5.32 Å². The van der Waals surface area contributed by atoms with Gasteiger partial charge in [0.1, 0.15) is 24.0 Å². The number of nitrogens with one attached hydrogen (secondary N) is 1. The molecule has 4 nitrogen and oxygen atoms in total. The minimum atomic E-state index is -0.486. The van der Waals surface area contributed by atoms with Crippen molar-refractivity contribution in [3.05, 3.63) is 101 Å². The second-order valence-electron chi connectivity index (χ2n) is 5.98. The van der Waals surface area contributed by atoms with Crippen LogP contribution in [-0.4, -0.2) is 5.91 Å². The van der Waals surface area contributed by atoms with Crippen molar-refractivity contribution in [2.45, 2.75) is 6.61 Å². The van der Waals surface area contributed by atoms with Gasteiger partial charge in [0.25, 0.3) is 5.91 Å². The van der Waals surface area contributed by atoms with Crippen LogP contribution in [0.5, 0.6) is 5.75 Å². The van der Waals surface area contributed by atoms with Gasteiger partial charge in [0, 0.05) is 10.7 Å². The number of rotatable bonds is 6. The molecule has 1 amide bonds. The normalized spacial score (nSPS) is 10.8. The van der Waals surface area contributed by atoms with Crippen LogP contribution < -0.4 is 10.1 Å². The van der Waals surface area contributed by atoms with Crippen LogP contribution in [0.25, 0.3) is 6.08 Å². The van der Waals surface area contributed by atoms with E-state index in [1.807, 2.05) is 54.6 Å². The van der Waals surface area contributed by atoms with Gasteiger partial charge in [-0.15, -0.1) is 0 Å². The summed E-state index contributed by atoms with van der Waals surface area (Å²) in [4.78, 5) is 12.4. The number of halogens is 1. The summed E-state index contributed by atoms with van der Waals surface area (Å²) in [6.07, 6.45) is 1.53. The molecule has 0 saturated heterocycles. The van der Waals surface area contributed by atoms with E-state index < -0.39 is 5.91 Å². The van der Waals surface area contributed by atoms with Crippen molar-refractivity contribution in [2.75, 3.05) is 5.32 Å². The second kappa shape index (κ2) is 9.40. The van der Waals surface area contributed by atoms with E-state index in [-0.39, 0.29) is 5.57 Å². The van der Waals surface area contributed by atoms with Gasteiger partial charge in [-0.3, -0.25) is 4.79 Å². The Hall–Kier alpha value is -3.55. The zero-order valence-corrected chi connectivity index (χ0v) is 15.7. The summed E-state index contributed by atoms with van der Waals surface area (Å²) in [6.45, 7) is 0.441. The Kier molecular flexibility index (Phi) is 6.46. The summed E-state index contributed by atoms with van der Waals surface area (Å²) < 4.78 is 5.79. The lowest BCUT2D eigenvalue weighted by atomic mass is 10.1. The van der Waals surface area contributed by atoms with Crippen LogP contribution in [0.2, 0.25) is 5.02 Å². The first-order valence-corrected chi connectivity index (χ1v) is 8.97. The van der Waals surface area contributed by atoms with Crippen LogP contribution in [0.15, 0.2) is 84.4 Å². The number of anilines is 1. The molecule has 28 heavy (non-hydrogen) atoms. The average Bonchev–Trinajstić information content (AvgIpc) is 2.73. The Morgan fingerprint density at radius 3 is 2.50 bits per heavy atom.